The third kappa shape index (κ3) is 4.18. The van der Waals surface area contributed by atoms with Crippen molar-refractivity contribution in [3.63, 3.8) is 0 Å². The molecule has 0 aromatic heterocycles. The Balaban J connectivity index is 1.53. The Hall–Kier alpha value is -2.08. The molecule has 0 aliphatic carbocycles. The summed E-state index contributed by atoms with van der Waals surface area (Å²) >= 11 is 0. The summed E-state index contributed by atoms with van der Waals surface area (Å²) in [4.78, 5) is 31.0. The van der Waals surface area contributed by atoms with E-state index in [2.05, 4.69) is 11.8 Å². The number of ether oxygens (including phenoxy) is 1. The number of methoxy groups -OCH3 is 1. The molecule has 2 saturated heterocycles. The zero-order valence-corrected chi connectivity index (χ0v) is 15.8. The van der Waals surface area contributed by atoms with E-state index in [4.69, 9.17) is 4.74 Å². The van der Waals surface area contributed by atoms with Gasteiger partial charge in [0, 0.05) is 25.6 Å². The first-order valence-corrected chi connectivity index (χ1v) is 9.55. The Bertz CT molecular complexity index is 643. The quantitative estimate of drug-likeness (QED) is 0.781. The van der Waals surface area contributed by atoms with E-state index >= 15 is 0 Å². The van der Waals surface area contributed by atoms with Crippen molar-refractivity contribution in [2.45, 2.75) is 38.6 Å². The fourth-order valence-electron chi connectivity index (χ4n) is 3.85. The largest absolute Gasteiger partial charge is 0.495 e. The van der Waals surface area contributed by atoms with Crippen molar-refractivity contribution in [3.8, 4) is 5.75 Å². The van der Waals surface area contributed by atoms with E-state index in [1.54, 1.807) is 16.9 Å². The van der Waals surface area contributed by atoms with Gasteiger partial charge in [-0.2, -0.15) is 0 Å². The van der Waals surface area contributed by atoms with Crippen LogP contribution >= 0.6 is 0 Å². The lowest BCUT2D eigenvalue weighted by Gasteiger charge is -2.35. The Kier molecular flexibility index (Phi) is 6.14. The molecule has 3 rings (SSSR count). The second-order valence-corrected chi connectivity index (χ2v) is 7.16. The maximum absolute atomic E-state index is 12.6. The molecule has 0 radical (unpaired) electrons. The zero-order chi connectivity index (χ0) is 18.5. The number of likely N-dealkylation sites (tertiary alicyclic amines) is 1. The predicted molar refractivity (Wildman–Crippen MR) is 101 cm³/mol. The zero-order valence-electron chi connectivity index (χ0n) is 15.8. The summed E-state index contributed by atoms with van der Waals surface area (Å²) in [6, 6.07) is 7.94. The molecule has 1 aromatic rings. The number of amides is 2. The number of benzene rings is 1. The third-order valence-electron chi connectivity index (χ3n) is 5.49. The molecular formula is C20H29N3O3. The summed E-state index contributed by atoms with van der Waals surface area (Å²) in [6.07, 6.45) is 3.90. The molecule has 0 bridgehead atoms. The normalized spacial score (nSPS) is 19.7. The SMILES string of the molecule is COc1ccccc1N1CCN(C(=O)CCC(C)N2CCCC2)CC1=O. The summed E-state index contributed by atoms with van der Waals surface area (Å²) in [7, 11) is 1.60. The topological polar surface area (TPSA) is 53.1 Å². The lowest BCUT2D eigenvalue weighted by Crippen LogP contribution is -2.52. The second-order valence-electron chi connectivity index (χ2n) is 7.16. The lowest BCUT2D eigenvalue weighted by molar-refractivity contribution is -0.137. The third-order valence-corrected chi connectivity index (χ3v) is 5.49. The predicted octanol–water partition coefficient (Wildman–Crippen LogP) is 2.13. The minimum absolute atomic E-state index is 0.0540. The number of piperazine rings is 1. The standard InChI is InChI=1S/C20H29N3O3/c1-16(21-11-5-6-12-21)9-10-19(24)22-13-14-23(20(25)15-22)17-7-3-4-8-18(17)26-2/h3-4,7-8,16H,5-6,9-15H2,1-2H3. The van der Waals surface area contributed by atoms with E-state index in [9.17, 15) is 9.59 Å². The van der Waals surface area contributed by atoms with Gasteiger partial charge in [-0.05, 0) is 51.4 Å². The van der Waals surface area contributed by atoms with Crippen molar-refractivity contribution in [1.29, 1.82) is 0 Å². The van der Waals surface area contributed by atoms with Gasteiger partial charge in [-0.3, -0.25) is 9.59 Å². The first-order chi connectivity index (χ1) is 12.6. The minimum atomic E-state index is -0.0540. The van der Waals surface area contributed by atoms with Gasteiger partial charge in [0.2, 0.25) is 11.8 Å². The number of anilines is 1. The van der Waals surface area contributed by atoms with Gasteiger partial charge in [-0.15, -0.1) is 0 Å². The minimum Gasteiger partial charge on any atom is -0.495 e. The highest BCUT2D eigenvalue weighted by Gasteiger charge is 2.29. The molecule has 2 aliphatic rings. The van der Waals surface area contributed by atoms with Crippen LogP contribution in [0, 0.1) is 0 Å². The maximum atomic E-state index is 12.6. The van der Waals surface area contributed by atoms with Crippen LogP contribution in [0.15, 0.2) is 24.3 Å². The van der Waals surface area contributed by atoms with Gasteiger partial charge in [-0.1, -0.05) is 12.1 Å². The number of rotatable bonds is 6. The van der Waals surface area contributed by atoms with Gasteiger partial charge in [-0.25, -0.2) is 0 Å². The van der Waals surface area contributed by atoms with Gasteiger partial charge < -0.3 is 19.4 Å². The number of hydrogen-bond acceptors (Lipinski definition) is 4. The van der Waals surface area contributed by atoms with E-state index in [1.165, 1.54) is 12.8 Å². The van der Waals surface area contributed by atoms with Crippen molar-refractivity contribution in [2.75, 3.05) is 44.7 Å². The summed E-state index contributed by atoms with van der Waals surface area (Å²) in [5.41, 5.74) is 0.773. The molecule has 6 heteroatoms. The van der Waals surface area contributed by atoms with Crippen molar-refractivity contribution < 1.29 is 14.3 Å². The van der Waals surface area contributed by atoms with Crippen LogP contribution < -0.4 is 9.64 Å². The van der Waals surface area contributed by atoms with Gasteiger partial charge in [0.05, 0.1) is 12.8 Å². The average molecular weight is 359 g/mol. The molecule has 2 aliphatic heterocycles. The number of para-hydroxylation sites is 2. The summed E-state index contributed by atoms with van der Waals surface area (Å²) in [5, 5.41) is 0. The molecule has 0 spiro atoms. The average Bonchev–Trinajstić information content (AvgIpc) is 3.20. The fraction of sp³-hybridized carbons (Fsp3) is 0.600. The monoisotopic (exact) mass is 359 g/mol. The highest BCUT2D eigenvalue weighted by molar-refractivity contribution is 5.99. The Morgan fingerprint density at radius 2 is 1.88 bits per heavy atom. The molecule has 1 unspecified atom stereocenters. The van der Waals surface area contributed by atoms with Crippen LogP contribution in [0.5, 0.6) is 5.75 Å². The number of carbonyl (C=O) groups is 2. The Morgan fingerprint density at radius 1 is 1.15 bits per heavy atom. The fourth-order valence-corrected chi connectivity index (χ4v) is 3.85. The Morgan fingerprint density at radius 3 is 2.58 bits per heavy atom. The molecule has 6 nitrogen and oxygen atoms in total. The molecule has 2 amide bonds. The van der Waals surface area contributed by atoms with Crippen LogP contribution in [0.25, 0.3) is 0 Å². The van der Waals surface area contributed by atoms with E-state index in [0.29, 0.717) is 31.3 Å². The van der Waals surface area contributed by atoms with Crippen LogP contribution in [-0.2, 0) is 9.59 Å². The summed E-state index contributed by atoms with van der Waals surface area (Å²) < 4.78 is 5.36. The van der Waals surface area contributed by atoms with Crippen LogP contribution in [0.4, 0.5) is 5.69 Å². The van der Waals surface area contributed by atoms with Gasteiger partial charge in [0.15, 0.2) is 0 Å². The first kappa shape index (κ1) is 18.7. The molecule has 2 fully saturated rings. The van der Waals surface area contributed by atoms with Crippen molar-refractivity contribution in [2.24, 2.45) is 0 Å². The van der Waals surface area contributed by atoms with Gasteiger partial charge >= 0.3 is 0 Å². The maximum Gasteiger partial charge on any atom is 0.246 e. The summed E-state index contributed by atoms with van der Waals surface area (Å²) in [5.74, 6) is 0.714. The van der Waals surface area contributed by atoms with Gasteiger partial charge in [0.1, 0.15) is 12.3 Å². The van der Waals surface area contributed by atoms with Crippen LogP contribution in [0.1, 0.15) is 32.6 Å². The number of carbonyl (C=O) groups excluding carboxylic acids is 2. The van der Waals surface area contributed by atoms with E-state index in [1.807, 2.05) is 24.3 Å². The molecule has 2 heterocycles. The first-order valence-electron chi connectivity index (χ1n) is 9.55. The van der Waals surface area contributed by atoms with Crippen molar-refractivity contribution in [1.82, 2.24) is 9.80 Å². The van der Waals surface area contributed by atoms with Crippen LogP contribution in [0.3, 0.4) is 0 Å². The molecule has 1 aromatic carbocycles. The van der Waals surface area contributed by atoms with Crippen LogP contribution in [0.2, 0.25) is 0 Å². The molecule has 1 atom stereocenters. The lowest BCUT2D eigenvalue weighted by atomic mass is 10.1. The van der Waals surface area contributed by atoms with E-state index in [0.717, 1.165) is 25.2 Å². The summed E-state index contributed by atoms with van der Waals surface area (Å²) in [6.45, 7) is 5.71. The van der Waals surface area contributed by atoms with E-state index in [-0.39, 0.29) is 18.4 Å². The van der Waals surface area contributed by atoms with E-state index < -0.39 is 0 Å². The van der Waals surface area contributed by atoms with Gasteiger partial charge in [0.25, 0.3) is 0 Å². The molecule has 0 N–H and O–H groups in total. The second kappa shape index (κ2) is 8.54. The molecule has 0 saturated carbocycles. The highest BCUT2D eigenvalue weighted by Crippen LogP contribution is 2.29. The number of nitrogens with zero attached hydrogens (tertiary/aromatic N) is 3. The molecule has 142 valence electrons. The van der Waals surface area contributed by atoms with Crippen LogP contribution in [-0.4, -0.2) is 67.5 Å². The highest BCUT2D eigenvalue weighted by atomic mass is 16.5. The Labute approximate surface area is 155 Å². The van der Waals surface area contributed by atoms with Crippen molar-refractivity contribution >= 4 is 17.5 Å². The smallest absolute Gasteiger partial charge is 0.246 e. The molecular weight excluding hydrogens is 330 g/mol. The number of hydrogen-bond donors (Lipinski definition) is 0. The van der Waals surface area contributed by atoms with Crippen molar-refractivity contribution in [3.05, 3.63) is 24.3 Å². The molecule has 26 heavy (non-hydrogen) atoms.